The smallest absolute Gasteiger partial charge is 0.274 e. The molecule has 0 unspecified atom stereocenters. The molecule has 10 nitrogen and oxygen atoms in total. The van der Waals surface area contributed by atoms with Crippen LogP contribution >= 0.6 is 0 Å². The fraction of sp³-hybridized carbons (Fsp3) is 0.214. The van der Waals surface area contributed by atoms with Gasteiger partial charge in [0.05, 0.1) is 12.4 Å². The number of hydrogen-bond acceptors (Lipinski definition) is 7. The van der Waals surface area contributed by atoms with Gasteiger partial charge in [0.2, 0.25) is 0 Å². The Bertz CT molecular complexity index is 1800. The third-order valence-corrected chi connectivity index (χ3v) is 6.70. The molecular formula is C28H25F2N9O. The number of pyridine rings is 2. The van der Waals surface area contributed by atoms with Gasteiger partial charge in [-0.3, -0.25) is 14.5 Å². The molecule has 3 aromatic rings. The second-order valence-corrected chi connectivity index (χ2v) is 9.72. The Morgan fingerprint density at radius 3 is 2.75 bits per heavy atom. The van der Waals surface area contributed by atoms with E-state index in [2.05, 4.69) is 35.3 Å². The summed E-state index contributed by atoms with van der Waals surface area (Å²) in [6.07, 6.45) is 6.39. The topological polar surface area (TPSA) is 115 Å². The summed E-state index contributed by atoms with van der Waals surface area (Å²) in [6.45, 7) is 4.21. The number of alkyl halides is 2. The molecule has 0 radical (unpaired) electrons. The van der Waals surface area contributed by atoms with Crippen molar-refractivity contribution in [2.24, 2.45) is 12.0 Å². The van der Waals surface area contributed by atoms with Crippen molar-refractivity contribution < 1.29 is 13.6 Å². The molecule has 0 bridgehead atoms. The van der Waals surface area contributed by atoms with Gasteiger partial charge in [0.25, 0.3) is 17.4 Å². The monoisotopic (exact) mass is 541 g/mol. The van der Waals surface area contributed by atoms with Gasteiger partial charge in [0.15, 0.2) is 0 Å². The maximum absolute atomic E-state index is 13.8. The minimum Gasteiger partial charge on any atom is -0.369 e. The molecule has 1 amide bonds. The van der Waals surface area contributed by atoms with E-state index in [1.54, 1.807) is 29.3 Å². The van der Waals surface area contributed by atoms with E-state index in [1.165, 1.54) is 12.3 Å². The number of aryl methyl sites for hydroxylation is 2. The molecule has 202 valence electrons. The molecule has 40 heavy (non-hydrogen) atoms. The number of benzene rings is 1. The van der Waals surface area contributed by atoms with Crippen LogP contribution in [0.2, 0.25) is 0 Å². The summed E-state index contributed by atoms with van der Waals surface area (Å²) in [5, 5.41) is 10.4. The van der Waals surface area contributed by atoms with Gasteiger partial charge < -0.3 is 15.2 Å². The number of hydrogen-bond donors (Lipinski definition) is 2. The molecule has 0 saturated heterocycles. The zero-order valence-corrected chi connectivity index (χ0v) is 22.0. The van der Waals surface area contributed by atoms with Gasteiger partial charge >= 0.3 is 0 Å². The van der Waals surface area contributed by atoms with Crippen LogP contribution in [-0.4, -0.2) is 41.8 Å². The van der Waals surface area contributed by atoms with Crippen LogP contribution in [0.1, 0.15) is 28.5 Å². The lowest BCUT2D eigenvalue weighted by Crippen LogP contribution is -2.17. The highest BCUT2D eigenvalue weighted by atomic mass is 19.3. The zero-order valence-electron chi connectivity index (χ0n) is 22.0. The van der Waals surface area contributed by atoms with Crippen LogP contribution < -0.4 is 16.3 Å². The first-order valence-electron chi connectivity index (χ1n) is 12.6. The number of carbonyl (C=O) groups is 1. The second kappa shape index (κ2) is 9.63. The van der Waals surface area contributed by atoms with E-state index in [4.69, 9.17) is 4.98 Å². The van der Waals surface area contributed by atoms with Crippen LogP contribution in [0.4, 0.5) is 26.0 Å². The van der Waals surface area contributed by atoms with Gasteiger partial charge in [-0.15, -0.1) is 0 Å². The van der Waals surface area contributed by atoms with E-state index in [1.807, 2.05) is 32.2 Å². The number of carbonyl (C=O) groups excluding carboxylic acids is 1. The summed E-state index contributed by atoms with van der Waals surface area (Å²) >= 11 is 0. The van der Waals surface area contributed by atoms with E-state index in [0.717, 1.165) is 53.4 Å². The standard InChI is InChI=1S/C28H25F2N9O/c1-16-4-5-19(35-26(40)23-11-18(6-7-31-23)28(2,29)30)12-21(16)22-10-17-13-33-27(36-20-14-34-38(3)15-20)37-24(17)39-9-8-32-25(22)39/h4-7,10-15,32H,8-9H2,1-3H3,(H,35,40). The molecule has 2 aromatic heterocycles. The Balaban J connectivity index is 1.37. The van der Waals surface area contributed by atoms with Crippen molar-refractivity contribution >= 4 is 23.1 Å². The normalized spacial score (nSPS) is 13.4. The molecule has 3 aliphatic heterocycles. The van der Waals surface area contributed by atoms with E-state index in [-0.39, 0.29) is 11.3 Å². The lowest BCUT2D eigenvalue weighted by molar-refractivity contribution is 0.0173. The number of fused-ring (bicyclic) bond motifs is 3. The molecule has 5 heterocycles. The van der Waals surface area contributed by atoms with Gasteiger partial charge in [-0.1, -0.05) is 6.07 Å². The predicted octanol–water partition coefficient (Wildman–Crippen LogP) is 4.51. The second-order valence-electron chi connectivity index (χ2n) is 9.72. The molecule has 0 saturated carbocycles. The summed E-state index contributed by atoms with van der Waals surface area (Å²) in [5.41, 5.74) is 4.80. The first-order chi connectivity index (χ1) is 19.2. The molecule has 6 rings (SSSR count). The average molecular weight is 542 g/mol. The third kappa shape index (κ3) is 4.79. The van der Waals surface area contributed by atoms with E-state index in [0.29, 0.717) is 23.5 Å². The third-order valence-electron chi connectivity index (χ3n) is 6.70. The Labute approximate surface area is 227 Å². The minimum atomic E-state index is -3.08. The lowest BCUT2D eigenvalue weighted by atomic mass is 9.98. The molecule has 3 aliphatic rings. The van der Waals surface area contributed by atoms with Gasteiger partial charge in [0.1, 0.15) is 23.0 Å². The molecular weight excluding hydrogens is 516 g/mol. The lowest BCUT2D eigenvalue weighted by Gasteiger charge is -2.19. The summed E-state index contributed by atoms with van der Waals surface area (Å²) < 4.78 is 31.3. The Hall–Kier alpha value is -5.00. The molecule has 0 atom stereocenters. The van der Waals surface area contributed by atoms with Gasteiger partial charge in [0, 0.05) is 61.8 Å². The van der Waals surface area contributed by atoms with Gasteiger partial charge in [-0.05, 0) is 48.4 Å². The first-order valence-corrected chi connectivity index (χ1v) is 12.6. The van der Waals surface area contributed by atoms with Crippen molar-refractivity contribution in [2.45, 2.75) is 26.3 Å². The largest absolute Gasteiger partial charge is 0.369 e. The maximum Gasteiger partial charge on any atom is 0.274 e. The number of amides is 1. The SMILES string of the molecule is Cc1ccc(NC(=O)c2cc(C(C)(F)F)ccn2)cc1-c1cc2cnc(=Nc3cnn(C)c3)nc-2n2c1NCC2. The Kier molecular flexibility index (Phi) is 6.09. The van der Waals surface area contributed by atoms with Crippen LogP contribution in [0, 0.1) is 6.92 Å². The summed E-state index contributed by atoms with van der Waals surface area (Å²) in [6, 6.07) is 9.85. The van der Waals surface area contributed by atoms with Crippen molar-refractivity contribution in [2.75, 3.05) is 17.2 Å². The number of rotatable bonds is 5. The van der Waals surface area contributed by atoms with Gasteiger partial charge in [-0.25, -0.2) is 18.8 Å². The first kappa shape index (κ1) is 25.3. The molecule has 12 heteroatoms. The summed E-state index contributed by atoms with van der Waals surface area (Å²) in [4.78, 5) is 30.5. The Morgan fingerprint density at radius 1 is 1.12 bits per heavy atom. The fourth-order valence-electron chi connectivity index (χ4n) is 4.71. The van der Waals surface area contributed by atoms with Crippen LogP contribution in [0.15, 0.2) is 66.2 Å². The highest BCUT2D eigenvalue weighted by Crippen LogP contribution is 2.39. The van der Waals surface area contributed by atoms with E-state index < -0.39 is 11.8 Å². The molecule has 0 fully saturated rings. The number of nitrogens with one attached hydrogen (secondary N) is 2. The average Bonchev–Trinajstić information content (AvgIpc) is 3.58. The highest BCUT2D eigenvalue weighted by Gasteiger charge is 2.26. The molecule has 0 spiro atoms. The van der Waals surface area contributed by atoms with Crippen LogP contribution in [-0.2, 0) is 19.5 Å². The van der Waals surface area contributed by atoms with Crippen molar-refractivity contribution in [3.05, 3.63) is 83.6 Å². The quantitative estimate of drug-likeness (QED) is 0.338. The maximum atomic E-state index is 13.8. The number of anilines is 2. The van der Waals surface area contributed by atoms with Crippen LogP contribution in [0.5, 0.6) is 0 Å². The highest BCUT2D eigenvalue weighted by molar-refractivity contribution is 6.03. The zero-order chi connectivity index (χ0) is 28.0. The molecule has 2 N–H and O–H groups in total. The number of nitrogens with zero attached hydrogens (tertiary/aromatic N) is 7. The van der Waals surface area contributed by atoms with Crippen LogP contribution in [0.25, 0.3) is 22.5 Å². The van der Waals surface area contributed by atoms with Crippen molar-refractivity contribution in [3.8, 4) is 22.5 Å². The summed E-state index contributed by atoms with van der Waals surface area (Å²) in [7, 11) is 1.82. The van der Waals surface area contributed by atoms with Gasteiger partial charge in [-0.2, -0.15) is 10.1 Å². The van der Waals surface area contributed by atoms with Crippen molar-refractivity contribution in [3.63, 3.8) is 0 Å². The Morgan fingerprint density at radius 2 is 1.98 bits per heavy atom. The molecule has 0 aliphatic carbocycles. The minimum absolute atomic E-state index is 0.0883. The fourth-order valence-corrected chi connectivity index (χ4v) is 4.71. The summed E-state index contributed by atoms with van der Waals surface area (Å²) in [5.74, 6) is -2.00. The number of aromatic nitrogens is 6. The van der Waals surface area contributed by atoms with E-state index >= 15 is 0 Å². The van der Waals surface area contributed by atoms with E-state index in [9.17, 15) is 13.6 Å². The van der Waals surface area contributed by atoms with Crippen LogP contribution in [0.3, 0.4) is 0 Å². The van der Waals surface area contributed by atoms with Crippen molar-refractivity contribution in [1.82, 2.24) is 29.3 Å². The predicted molar refractivity (Wildman–Crippen MR) is 145 cm³/mol. The van der Waals surface area contributed by atoms with Crippen molar-refractivity contribution in [1.29, 1.82) is 0 Å². The number of halogens is 2. The molecule has 1 aromatic carbocycles.